The molecule has 0 saturated heterocycles. The summed E-state index contributed by atoms with van der Waals surface area (Å²) in [7, 11) is 0. The SMILES string of the molecule is N#C/C(=C/c1ccc(-c2ccc(-c3ccc(N(c4ccccc4)c4ccccc4)cc3)c3nsnc23)s1)OC=O. The molecule has 4 aromatic carbocycles. The number of thiophene rings is 1. The van der Waals surface area contributed by atoms with E-state index in [0.29, 0.717) is 0 Å². The number of aromatic nitrogens is 2. The molecule has 0 saturated carbocycles. The van der Waals surface area contributed by atoms with Gasteiger partial charge in [0.25, 0.3) is 6.47 Å². The summed E-state index contributed by atoms with van der Waals surface area (Å²) in [4.78, 5) is 14.6. The molecule has 192 valence electrons. The minimum atomic E-state index is -0.0549. The van der Waals surface area contributed by atoms with Crippen LogP contribution in [0.15, 0.2) is 115 Å². The lowest BCUT2D eigenvalue weighted by Crippen LogP contribution is -2.09. The lowest BCUT2D eigenvalue weighted by atomic mass is 10.0. The average molecular weight is 557 g/mol. The molecule has 2 heterocycles. The molecule has 0 atom stereocenters. The molecule has 8 heteroatoms. The zero-order valence-electron chi connectivity index (χ0n) is 21.0. The number of carbonyl (C=O) groups is 1. The number of para-hydroxylation sites is 2. The van der Waals surface area contributed by atoms with Crippen LogP contribution in [0.1, 0.15) is 4.88 Å². The van der Waals surface area contributed by atoms with Gasteiger partial charge in [-0.1, -0.05) is 60.7 Å². The van der Waals surface area contributed by atoms with Crippen LogP contribution in [0.4, 0.5) is 17.1 Å². The van der Waals surface area contributed by atoms with E-state index in [2.05, 4.69) is 74.3 Å². The van der Waals surface area contributed by atoms with E-state index in [1.165, 1.54) is 23.1 Å². The number of nitriles is 1. The molecule has 0 spiro atoms. The van der Waals surface area contributed by atoms with Crippen LogP contribution in [-0.2, 0) is 9.53 Å². The van der Waals surface area contributed by atoms with Gasteiger partial charge in [-0.2, -0.15) is 14.0 Å². The summed E-state index contributed by atoms with van der Waals surface area (Å²) in [5.74, 6) is -0.0549. The minimum absolute atomic E-state index is 0.0549. The van der Waals surface area contributed by atoms with Gasteiger partial charge in [0.05, 0.1) is 11.7 Å². The van der Waals surface area contributed by atoms with Gasteiger partial charge in [0, 0.05) is 44.0 Å². The fourth-order valence-electron chi connectivity index (χ4n) is 4.54. The van der Waals surface area contributed by atoms with E-state index in [0.717, 1.165) is 54.5 Å². The molecule has 0 bridgehead atoms. The molecule has 0 radical (unpaired) electrons. The van der Waals surface area contributed by atoms with Crippen LogP contribution in [0.3, 0.4) is 0 Å². The van der Waals surface area contributed by atoms with Crippen molar-refractivity contribution in [1.29, 1.82) is 5.26 Å². The van der Waals surface area contributed by atoms with Gasteiger partial charge in [0.2, 0.25) is 5.76 Å². The maximum absolute atomic E-state index is 10.6. The third kappa shape index (κ3) is 4.99. The highest BCUT2D eigenvalue weighted by molar-refractivity contribution is 7.16. The lowest BCUT2D eigenvalue weighted by Gasteiger charge is -2.25. The van der Waals surface area contributed by atoms with Gasteiger partial charge in [-0.15, -0.1) is 11.3 Å². The van der Waals surface area contributed by atoms with Crippen LogP contribution < -0.4 is 4.90 Å². The van der Waals surface area contributed by atoms with Crippen molar-refractivity contribution >= 4 is 63.7 Å². The third-order valence-corrected chi connectivity index (χ3v) is 7.93. The second-order valence-corrected chi connectivity index (χ2v) is 10.4. The van der Waals surface area contributed by atoms with Gasteiger partial charge in [0.1, 0.15) is 17.1 Å². The van der Waals surface area contributed by atoms with E-state index in [-0.39, 0.29) is 12.2 Å². The Morgan fingerprint density at radius 3 is 1.98 bits per heavy atom. The van der Waals surface area contributed by atoms with Crippen molar-refractivity contribution in [3.8, 4) is 27.6 Å². The van der Waals surface area contributed by atoms with Gasteiger partial charge in [-0.05, 0) is 54.1 Å². The zero-order chi connectivity index (χ0) is 27.3. The lowest BCUT2D eigenvalue weighted by molar-refractivity contribution is -0.124. The molecule has 0 aliphatic carbocycles. The maximum atomic E-state index is 10.6. The molecule has 6 nitrogen and oxygen atoms in total. The highest BCUT2D eigenvalue weighted by Crippen LogP contribution is 2.39. The van der Waals surface area contributed by atoms with E-state index >= 15 is 0 Å². The Balaban J connectivity index is 1.35. The fourth-order valence-corrected chi connectivity index (χ4v) is 6.08. The van der Waals surface area contributed by atoms with Crippen molar-refractivity contribution in [1.82, 2.24) is 8.75 Å². The normalized spacial score (nSPS) is 11.2. The summed E-state index contributed by atoms with van der Waals surface area (Å²) in [6.45, 7) is 0.250. The molecule has 0 unspecified atom stereocenters. The number of hydrogen-bond donors (Lipinski definition) is 0. The number of nitrogens with zero attached hydrogens (tertiary/aromatic N) is 4. The summed E-state index contributed by atoms with van der Waals surface area (Å²) in [6.07, 6.45) is 1.54. The minimum Gasteiger partial charge on any atom is -0.417 e. The summed E-state index contributed by atoms with van der Waals surface area (Å²) >= 11 is 2.67. The maximum Gasteiger partial charge on any atom is 0.299 e. The van der Waals surface area contributed by atoms with E-state index in [1.54, 1.807) is 6.08 Å². The standard InChI is InChI=1S/C32H20N4O2S2/c33-20-26(38-21-37)19-27-15-18-30(39-27)29-17-16-28(31-32(29)35-40-34-31)22-11-13-25(14-12-22)36(23-7-3-1-4-8-23)24-9-5-2-6-10-24/h1-19,21H/b26-19-. The number of carbonyl (C=O) groups excluding carboxylic acids is 1. The second-order valence-electron chi connectivity index (χ2n) is 8.71. The Labute approximate surface area is 239 Å². The van der Waals surface area contributed by atoms with Crippen LogP contribution in [0.5, 0.6) is 0 Å². The average Bonchev–Trinajstić information content (AvgIpc) is 3.69. The van der Waals surface area contributed by atoms with Gasteiger partial charge in [-0.3, -0.25) is 4.79 Å². The fraction of sp³-hybridized carbons (Fsp3) is 0. The zero-order valence-corrected chi connectivity index (χ0v) is 22.6. The van der Waals surface area contributed by atoms with Crippen LogP contribution in [0.25, 0.3) is 38.7 Å². The van der Waals surface area contributed by atoms with Crippen molar-refractivity contribution < 1.29 is 9.53 Å². The molecular weight excluding hydrogens is 537 g/mol. The number of rotatable bonds is 8. The van der Waals surface area contributed by atoms with Crippen molar-refractivity contribution in [3.63, 3.8) is 0 Å². The monoisotopic (exact) mass is 556 g/mol. The smallest absolute Gasteiger partial charge is 0.299 e. The molecular formula is C32H20N4O2S2. The van der Waals surface area contributed by atoms with Crippen molar-refractivity contribution in [3.05, 3.63) is 120 Å². The highest BCUT2D eigenvalue weighted by Gasteiger charge is 2.16. The first-order chi connectivity index (χ1) is 19.7. The predicted octanol–water partition coefficient (Wildman–Crippen LogP) is 8.59. The topological polar surface area (TPSA) is 79.1 Å². The Bertz CT molecular complexity index is 1820. The van der Waals surface area contributed by atoms with E-state index in [4.69, 9.17) is 10.00 Å². The summed E-state index contributed by atoms with van der Waals surface area (Å²) in [6, 6.07) is 39.0. The quantitative estimate of drug-likeness (QED) is 0.106. The van der Waals surface area contributed by atoms with Crippen LogP contribution in [0, 0.1) is 11.3 Å². The molecule has 2 aromatic heterocycles. The molecule has 0 aliphatic heterocycles. The van der Waals surface area contributed by atoms with Crippen LogP contribution >= 0.6 is 23.1 Å². The summed E-state index contributed by atoms with van der Waals surface area (Å²) in [5, 5.41) is 9.14. The van der Waals surface area contributed by atoms with E-state index in [9.17, 15) is 4.79 Å². The van der Waals surface area contributed by atoms with Crippen molar-refractivity contribution in [2.45, 2.75) is 0 Å². The predicted molar refractivity (Wildman–Crippen MR) is 162 cm³/mol. The Kier molecular flexibility index (Phi) is 7.14. The summed E-state index contributed by atoms with van der Waals surface area (Å²) in [5.41, 5.74) is 7.90. The number of fused-ring (bicyclic) bond motifs is 1. The molecule has 40 heavy (non-hydrogen) atoms. The number of ether oxygens (including phenoxy) is 1. The Morgan fingerprint density at radius 1 is 0.750 bits per heavy atom. The first kappa shape index (κ1) is 25.2. The van der Waals surface area contributed by atoms with Crippen molar-refractivity contribution in [2.24, 2.45) is 0 Å². The van der Waals surface area contributed by atoms with Crippen LogP contribution in [0.2, 0.25) is 0 Å². The number of allylic oxidation sites excluding steroid dienone is 1. The molecule has 6 rings (SSSR count). The van der Waals surface area contributed by atoms with Gasteiger partial charge < -0.3 is 9.64 Å². The van der Waals surface area contributed by atoms with Crippen LogP contribution in [-0.4, -0.2) is 15.2 Å². The second kappa shape index (κ2) is 11.3. The molecule has 0 aliphatic rings. The van der Waals surface area contributed by atoms with E-state index < -0.39 is 0 Å². The Morgan fingerprint density at radius 2 is 1.35 bits per heavy atom. The first-order valence-electron chi connectivity index (χ1n) is 12.3. The molecule has 0 N–H and O–H groups in total. The molecule has 0 amide bonds. The molecule has 0 fully saturated rings. The first-order valence-corrected chi connectivity index (χ1v) is 13.9. The number of hydrogen-bond acceptors (Lipinski definition) is 8. The van der Waals surface area contributed by atoms with Gasteiger partial charge >= 0.3 is 0 Å². The number of anilines is 3. The molecule has 6 aromatic rings. The Hall–Kier alpha value is -5.10. The van der Waals surface area contributed by atoms with Gasteiger partial charge in [0.15, 0.2) is 0 Å². The largest absolute Gasteiger partial charge is 0.417 e. The number of benzene rings is 4. The van der Waals surface area contributed by atoms with Crippen molar-refractivity contribution in [2.75, 3.05) is 4.90 Å². The third-order valence-electron chi connectivity index (χ3n) is 6.33. The van der Waals surface area contributed by atoms with E-state index in [1.807, 2.05) is 54.6 Å². The van der Waals surface area contributed by atoms with Gasteiger partial charge in [-0.25, -0.2) is 0 Å². The summed E-state index contributed by atoms with van der Waals surface area (Å²) < 4.78 is 14.0. The highest BCUT2D eigenvalue weighted by atomic mass is 32.1.